The van der Waals surface area contributed by atoms with E-state index in [4.69, 9.17) is 0 Å². The van der Waals surface area contributed by atoms with Crippen molar-refractivity contribution in [1.82, 2.24) is 9.62 Å². The third kappa shape index (κ3) is 3.74. The van der Waals surface area contributed by atoms with E-state index in [0.29, 0.717) is 6.42 Å². The highest BCUT2D eigenvalue weighted by Crippen LogP contribution is 2.27. The molecule has 128 valence electrons. The number of benzene rings is 1. The first-order chi connectivity index (χ1) is 11.0. The van der Waals surface area contributed by atoms with Crippen LogP contribution in [0, 0.1) is 5.82 Å². The normalized spacial score (nSPS) is 29.7. The van der Waals surface area contributed by atoms with Crippen molar-refractivity contribution in [3.8, 4) is 0 Å². The maximum absolute atomic E-state index is 13.0. The second-order valence-electron chi connectivity index (χ2n) is 6.41. The minimum atomic E-state index is -3.75. The van der Waals surface area contributed by atoms with Gasteiger partial charge in [-0.05, 0) is 63.0 Å². The molecule has 0 bridgehead atoms. The second kappa shape index (κ2) is 6.84. The quantitative estimate of drug-likeness (QED) is 0.870. The number of hydrogen-bond acceptors (Lipinski definition) is 4. The molecule has 23 heavy (non-hydrogen) atoms. The third-order valence-electron chi connectivity index (χ3n) is 4.86. The number of likely N-dealkylation sites (tertiary alicyclic amines) is 1. The fraction of sp³-hybridized carbons (Fsp3) is 0.625. The number of rotatable bonds is 4. The van der Waals surface area contributed by atoms with E-state index < -0.39 is 28.0 Å². The Labute approximate surface area is 136 Å². The van der Waals surface area contributed by atoms with Crippen molar-refractivity contribution in [3.05, 3.63) is 30.1 Å². The number of aliphatic hydroxyl groups excluding tert-OH is 1. The first-order valence-corrected chi connectivity index (χ1v) is 9.66. The molecule has 7 heteroatoms. The summed E-state index contributed by atoms with van der Waals surface area (Å²) in [5, 5.41) is 10.6. The summed E-state index contributed by atoms with van der Waals surface area (Å²) >= 11 is 0. The molecular formula is C16H23FN2O3S. The van der Waals surface area contributed by atoms with Crippen LogP contribution in [-0.4, -0.2) is 49.7 Å². The van der Waals surface area contributed by atoms with Gasteiger partial charge in [0.25, 0.3) is 0 Å². The zero-order chi connectivity index (χ0) is 16.4. The van der Waals surface area contributed by atoms with Crippen molar-refractivity contribution in [2.45, 2.75) is 55.2 Å². The smallest absolute Gasteiger partial charge is 0.240 e. The highest BCUT2D eigenvalue weighted by Gasteiger charge is 2.38. The minimum absolute atomic E-state index is 0.0205. The lowest BCUT2D eigenvalue weighted by Gasteiger charge is -2.39. The molecule has 0 unspecified atom stereocenters. The molecule has 0 aromatic heterocycles. The number of nitrogens with one attached hydrogen (secondary N) is 1. The van der Waals surface area contributed by atoms with E-state index in [1.54, 1.807) is 0 Å². The number of aliphatic hydroxyl groups is 1. The first kappa shape index (κ1) is 16.8. The monoisotopic (exact) mass is 342 g/mol. The molecule has 1 saturated carbocycles. The Morgan fingerprint density at radius 1 is 1.09 bits per heavy atom. The van der Waals surface area contributed by atoms with Crippen molar-refractivity contribution in [2.75, 3.05) is 13.1 Å². The highest BCUT2D eigenvalue weighted by molar-refractivity contribution is 7.89. The van der Waals surface area contributed by atoms with E-state index in [-0.39, 0.29) is 10.9 Å². The molecule has 3 rings (SSSR count). The Kier molecular flexibility index (Phi) is 5.01. The maximum atomic E-state index is 13.0. The van der Waals surface area contributed by atoms with Gasteiger partial charge < -0.3 is 5.11 Å². The summed E-state index contributed by atoms with van der Waals surface area (Å²) in [7, 11) is -3.75. The number of nitrogens with zero attached hydrogens (tertiary/aromatic N) is 1. The SMILES string of the molecule is O=S(=O)(N[C@@H]1CCC[C@@H](N2CCCC2)[C@@H]1O)c1ccc(F)cc1. The molecule has 1 aliphatic carbocycles. The van der Waals surface area contributed by atoms with Gasteiger partial charge in [-0.2, -0.15) is 0 Å². The van der Waals surface area contributed by atoms with E-state index in [2.05, 4.69) is 9.62 Å². The summed E-state index contributed by atoms with van der Waals surface area (Å²) in [6.07, 6.45) is 3.96. The average Bonchev–Trinajstić information content (AvgIpc) is 3.04. The third-order valence-corrected chi connectivity index (χ3v) is 6.37. The molecule has 0 spiro atoms. The Bertz CT molecular complexity index is 629. The molecule has 1 aromatic carbocycles. The van der Waals surface area contributed by atoms with Gasteiger partial charge in [0.05, 0.1) is 11.0 Å². The van der Waals surface area contributed by atoms with E-state index in [9.17, 15) is 17.9 Å². The van der Waals surface area contributed by atoms with Crippen LogP contribution in [0.5, 0.6) is 0 Å². The van der Waals surface area contributed by atoms with Gasteiger partial charge in [0.15, 0.2) is 0 Å². The van der Waals surface area contributed by atoms with Crippen molar-refractivity contribution in [2.24, 2.45) is 0 Å². The zero-order valence-corrected chi connectivity index (χ0v) is 13.8. The van der Waals surface area contributed by atoms with E-state index >= 15 is 0 Å². The molecule has 2 aliphatic rings. The van der Waals surface area contributed by atoms with Crippen LogP contribution in [-0.2, 0) is 10.0 Å². The van der Waals surface area contributed by atoms with Gasteiger partial charge in [-0.15, -0.1) is 0 Å². The standard InChI is InChI=1S/C16H23FN2O3S/c17-12-6-8-13(9-7-12)23(21,22)18-14-4-3-5-15(16(14)20)19-10-1-2-11-19/h6-9,14-16,18,20H,1-5,10-11H2/t14-,15-,16-/m1/s1. The van der Waals surface area contributed by atoms with Crippen LogP contribution < -0.4 is 4.72 Å². The molecule has 0 radical (unpaired) electrons. The van der Waals surface area contributed by atoms with Gasteiger partial charge in [-0.1, -0.05) is 6.42 Å². The van der Waals surface area contributed by atoms with E-state index in [1.165, 1.54) is 12.1 Å². The number of hydrogen-bond donors (Lipinski definition) is 2. The van der Waals surface area contributed by atoms with Gasteiger partial charge in [0.2, 0.25) is 10.0 Å². The van der Waals surface area contributed by atoms with Crippen LogP contribution in [0.4, 0.5) is 4.39 Å². The van der Waals surface area contributed by atoms with Crippen molar-refractivity contribution < 1.29 is 17.9 Å². The van der Waals surface area contributed by atoms with E-state index in [0.717, 1.165) is 50.9 Å². The topological polar surface area (TPSA) is 69.6 Å². The molecule has 1 aromatic rings. The molecule has 2 fully saturated rings. The predicted molar refractivity (Wildman–Crippen MR) is 85.0 cm³/mol. The molecule has 5 nitrogen and oxygen atoms in total. The summed E-state index contributed by atoms with van der Waals surface area (Å²) in [6, 6.07) is 4.25. The fourth-order valence-electron chi connectivity index (χ4n) is 3.64. The summed E-state index contributed by atoms with van der Waals surface area (Å²) in [6.45, 7) is 1.94. The van der Waals surface area contributed by atoms with Crippen LogP contribution in [0.2, 0.25) is 0 Å². The molecule has 1 saturated heterocycles. The summed E-state index contributed by atoms with van der Waals surface area (Å²) in [4.78, 5) is 2.29. The molecule has 1 heterocycles. The van der Waals surface area contributed by atoms with Crippen molar-refractivity contribution in [3.63, 3.8) is 0 Å². The minimum Gasteiger partial charge on any atom is -0.390 e. The molecule has 2 N–H and O–H groups in total. The van der Waals surface area contributed by atoms with Crippen molar-refractivity contribution in [1.29, 1.82) is 0 Å². The Hall–Kier alpha value is -1.02. The molecular weight excluding hydrogens is 319 g/mol. The lowest BCUT2D eigenvalue weighted by molar-refractivity contribution is 0.0127. The summed E-state index contributed by atoms with van der Waals surface area (Å²) < 4.78 is 40.4. The lowest BCUT2D eigenvalue weighted by atomic mass is 9.88. The first-order valence-electron chi connectivity index (χ1n) is 8.17. The van der Waals surface area contributed by atoms with Crippen LogP contribution in [0.15, 0.2) is 29.2 Å². The number of sulfonamides is 1. The average molecular weight is 342 g/mol. The van der Waals surface area contributed by atoms with Crippen LogP contribution in [0.25, 0.3) is 0 Å². The van der Waals surface area contributed by atoms with Crippen LogP contribution >= 0.6 is 0 Å². The zero-order valence-electron chi connectivity index (χ0n) is 13.0. The van der Waals surface area contributed by atoms with Crippen LogP contribution in [0.3, 0.4) is 0 Å². The lowest BCUT2D eigenvalue weighted by Crippen LogP contribution is -2.56. The predicted octanol–water partition coefficient (Wildman–Crippen LogP) is 1.48. The molecule has 0 amide bonds. The number of halogens is 1. The van der Waals surface area contributed by atoms with Gasteiger partial charge in [0.1, 0.15) is 5.82 Å². The van der Waals surface area contributed by atoms with Crippen molar-refractivity contribution >= 4 is 10.0 Å². The maximum Gasteiger partial charge on any atom is 0.240 e. The highest BCUT2D eigenvalue weighted by atomic mass is 32.2. The largest absolute Gasteiger partial charge is 0.390 e. The molecule has 1 aliphatic heterocycles. The molecule has 3 atom stereocenters. The fourth-order valence-corrected chi connectivity index (χ4v) is 4.92. The van der Waals surface area contributed by atoms with E-state index in [1.807, 2.05) is 0 Å². The summed E-state index contributed by atoms with van der Waals surface area (Å²) in [5.74, 6) is -0.476. The van der Waals surface area contributed by atoms with Crippen LogP contribution in [0.1, 0.15) is 32.1 Å². The van der Waals surface area contributed by atoms with Gasteiger partial charge in [-0.25, -0.2) is 17.5 Å². The Balaban J connectivity index is 1.71. The second-order valence-corrected chi connectivity index (χ2v) is 8.13. The summed E-state index contributed by atoms with van der Waals surface area (Å²) in [5.41, 5.74) is 0. The van der Waals surface area contributed by atoms with Gasteiger partial charge in [-0.3, -0.25) is 4.90 Å². The Morgan fingerprint density at radius 3 is 2.39 bits per heavy atom. The van der Waals surface area contributed by atoms with Gasteiger partial charge in [0, 0.05) is 12.1 Å². The van der Waals surface area contributed by atoms with Gasteiger partial charge >= 0.3 is 0 Å². The Morgan fingerprint density at radius 2 is 1.74 bits per heavy atom.